The number of hydrogen-bond donors (Lipinski definition) is 2. The van der Waals surface area contributed by atoms with Gasteiger partial charge in [0.25, 0.3) is 5.91 Å². The largest absolute Gasteiger partial charge is 0.355 e. The number of carbonyl (C=O) groups is 2. The Morgan fingerprint density at radius 3 is 2.56 bits per heavy atom. The van der Waals surface area contributed by atoms with Crippen LogP contribution in [0.1, 0.15) is 48.4 Å². The van der Waals surface area contributed by atoms with E-state index in [0.717, 1.165) is 38.1 Å². The van der Waals surface area contributed by atoms with Gasteiger partial charge < -0.3 is 20.1 Å². The molecule has 39 heavy (non-hydrogen) atoms. The van der Waals surface area contributed by atoms with Gasteiger partial charge in [-0.2, -0.15) is 0 Å². The fraction of sp³-hybridized carbons (Fsp3) is 0.444. The number of piperidine rings is 1. The van der Waals surface area contributed by atoms with E-state index in [-0.39, 0.29) is 22.9 Å². The molecule has 1 aromatic carbocycles. The van der Waals surface area contributed by atoms with Gasteiger partial charge in [0.1, 0.15) is 11.6 Å². The van der Waals surface area contributed by atoms with Gasteiger partial charge in [0.05, 0.1) is 17.0 Å². The van der Waals surface area contributed by atoms with Crippen molar-refractivity contribution >= 4 is 22.1 Å². The molecule has 2 amide bonds. The third-order valence-corrected chi connectivity index (χ3v) is 9.58. The van der Waals surface area contributed by atoms with Gasteiger partial charge in [-0.3, -0.25) is 9.59 Å². The lowest BCUT2D eigenvalue weighted by Gasteiger charge is -2.46. The van der Waals surface area contributed by atoms with Gasteiger partial charge >= 0.3 is 0 Å². The Kier molecular flexibility index (Phi) is 6.54. The predicted octanol–water partition coefficient (Wildman–Crippen LogP) is 1.74. The SMILES string of the molecule is O=C(N[C@@]1([SiH3])CCN(CC2CC2)C[C@@H]1C(=O)NC1(c2ncccn2)CC1)c1cc(-c2ccc(F)cc2F)on1. The van der Waals surface area contributed by atoms with Crippen LogP contribution in [0.4, 0.5) is 8.78 Å². The van der Waals surface area contributed by atoms with Gasteiger partial charge in [0.2, 0.25) is 5.91 Å². The van der Waals surface area contributed by atoms with E-state index in [9.17, 15) is 18.4 Å². The minimum atomic E-state index is -0.811. The smallest absolute Gasteiger partial charge is 0.273 e. The van der Waals surface area contributed by atoms with Crippen molar-refractivity contribution in [3.05, 3.63) is 65.9 Å². The second kappa shape index (κ2) is 9.90. The maximum Gasteiger partial charge on any atom is 0.273 e. The molecule has 0 spiro atoms. The monoisotopic (exact) mass is 552 g/mol. The van der Waals surface area contributed by atoms with E-state index < -0.39 is 34.2 Å². The summed E-state index contributed by atoms with van der Waals surface area (Å²) in [6.45, 7) is 2.28. The summed E-state index contributed by atoms with van der Waals surface area (Å²) >= 11 is 0. The first-order valence-corrected chi connectivity index (χ1v) is 14.3. The summed E-state index contributed by atoms with van der Waals surface area (Å²) in [5.41, 5.74) is -0.587. The lowest BCUT2D eigenvalue weighted by Crippen LogP contribution is -2.66. The lowest BCUT2D eigenvalue weighted by atomic mass is 9.89. The number of halogens is 2. The van der Waals surface area contributed by atoms with Crippen molar-refractivity contribution in [2.45, 2.75) is 42.8 Å². The summed E-state index contributed by atoms with van der Waals surface area (Å²) in [7, 11) is 0.517. The maximum atomic E-state index is 14.2. The number of nitrogens with one attached hydrogen (secondary N) is 2. The van der Waals surface area contributed by atoms with E-state index in [1.807, 2.05) is 0 Å². The molecule has 2 atom stereocenters. The number of benzene rings is 1. The first kappa shape index (κ1) is 25.7. The number of amides is 2. The molecule has 2 N–H and O–H groups in total. The van der Waals surface area contributed by atoms with E-state index in [4.69, 9.17) is 4.52 Å². The predicted molar refractivity (Wildman–Crippen MR) is 140 cm³/mol. The molecule has 204 valence electrons. The Hall–Kier alpha value is -3.51. The van der Waals surface area contributed by atoms with Crippen LogP contribution in [0.15, 0.2) is 47.2 Å². The molecule has 3 aromatic rings. The molecule has 0 unspecified atom stereocenters. The Morgan fingerprint density at radius 1 is 1.10 bits per heavy atom. The van der Waals surface area contributed by atoms with Gasteiger partial charge in [-0.05, 0) is 56.2 Å². The van der Waals surface area contributed by atoms with Crippen LogP contribution in [0.2, 0.25) is 0 Å². The van der Waals surface area contributed by atoms with E-state index in [0.29, 0.717) is 35.0 Å². The van der Waals surface area contributed by atoms with Crippen molar-refractivity contribution in [2.75, 3.05) is 19.6 Å². The highest BCUT2D eigenvalue weighted by Crippen LogP contribution is 2.44. The summed E-state index contributed by atoms with van der Waals surface area (Å²) < 4.78 is 32.8. The van der Waals surface area contributed by atoms with Crippen molar-refractivity contribution in [1.29, 1.82) is 0 Å². The number of carbonyl (C=O) groups excluding carboxylic acids is 2. The summed E-state index contributed by atoms with van der Waals surface area (Å²) in [5.74, 6) is -1.30. The van der Waals surface area contributed by atoms with Crippen molar-refractivity contribution < 1.29 is 22.9 Å². The van der Waals surface area contributed by atoms with Crippen LogP contribution in [0.25, 0.3) is 11.3 Å². The summed E-state index contributed by atoms with van der Waals surface area (Å²) in [6, 6.07) is 6.17. The molecule has 6 rings (SSSR count). The standard InChI is InChI=1S/C27H30F2N6O3Si/c28-17-4-5-18(20(29)12-17)22-13-21(34-38-22)24(37)33-27(39)8-11-35(14-16-2-3-16)15-19(27)23(36)32-26(6-7-26)25-30-9-1-10-31-25/h1,4-5,9-10,12-13,16,19H,2-3,6-8,11,14-15H2,39H3,(H,32,36)(H,33,37)/t19-,27-/m1/s1. The highest BCUT2D eigenvalue weighted by atomic mass is 28.1. The zero-order valence-electron chi connectivity index (χ0n) is 21.6. The Bertz CT molecular complexity index is 1400. The molecule has 0 bridgehead atoms. The van der Waals surface area contributed by atoms with Crippen molar-refractivity contribution in [3.63, 3.8) is 0 Å². The van der Waals surface area contributed by atoms with Crippen LogP contribution in [0, 0.1) is 23.5 Å². The molecule has 2 saturated carbocycles. The first-order chi connectivity index (χ1) is 18.7. The minimum absolute atomic E-state index is 0.00652. The van der Waals surface area contributed by atoms with Gasteiger partial charge in [0.15, 0.2) is 17.3 Å². The van der Waals surface area contributed by atoms with Crippen LogP contribution in [0.5, 0.6) is 0 Å². The Morgan fingerprint density at radius 2 is 1.87 bits per heavy atom. The van der Waals surface area contributed by atoms with Gasteiger partial charge in [-0.1, -0.05) is 5.16 Å². The number of rotatable bonds is 8. The third-order valence-electron chi connectivity index (χ3n) is 8.13. The Balaban J connectivity index is 1.21. The van der Waals surface area contributed by atoms with Crippen LogP contribution < -0.4 is 10.6 Å². The molecule has 3 fully saturated rings. The molecular weight excluding hydrogens is 522 g/mol. The molecule has 12 heteroatoms. The molecule has 0 radical (unpaired) electrons. The van der Waals surface area contributed by atoms with E-state index in [1.165, 1.54) is 25.0 Å². The fourth-order valence-electron chi connectivity index (χ4n) is 5.39. The minimum Gasteiger partial charge on any atom is -0.355 e. The normalized spacial score (nSPS) is 24.3. The van der Waals surface area contributed by atoms with E-state index in [2.05, 4.69) is 30.7 Å². The van der Waals surface area contributed by atoms with E-state index in [1.54, 1.807) is 18.5 Å². The zero-order chi connectivity index (χ0) is 27.2. The number of aromatic nitrogens is 3. The number of nitrogens with zero attached hydrogens (tertiary/aromatic N) is 4. The number of hydrogen-bond acceptors (Lipinski definition) is 7. The lowest BCUT2D eigenvalue weighted by molar-refractivity contribution is -0.129. The van der Waals surface area contributed by atoms with Crippen molar-refractivity contribution in [2.24, 2.45) is 11.8 Å². The second-order valence-corrected chi connectivity index (χ2v) is 13.0. The fourth-order valence-corrected chi connectivity index (χ4v) is 6.28. The third kappa shape index (κ3) is 5.35. The summed E-state index contributed by atoms with van der Waals surface area (Å²) in [5, 5.41) is 9.42. The quantitative estimate of drug-likeness (QED) is 0.410. The van der Waals surface area contributed by atoms with Crippen molar-refractivity contribution in [1.82, 2.24) is 30.7 Å². The highest BCUT2D eigenvalue weighted by molar-refractivity contribution is 6.19. The number of likely N-dealkylation sites (tertiary alicyclic amines) is 1. The van der Waals surface area contributed by atoms with Gasteiger partial charge in [-0.25, -0.2) is 18.7 Å². The summed E-state index contributed by atoms with van der Waals surface area (Å²) in [6.07, 6.45) is 7.94. The summed E-state index contributed by atoms with van der Waals surface area (Å²) in [4.78, 5) is 38.2. The molecule has 1 aliphatic heterocycles. The van der Waals surface area contributed by atoms with Crippen molar-refractivity contribution in [3.8, 4) is 11.3 Å². The van der Waals surface area contributed by atoms with E-state index >= 15 is 0 Å². The topological polar surface area (TPSA) is 113 Å². The molecule has 2 aromatic heterocycles. The molecule has 1 saturated heterocycles. The Labute approximate surface area is 227 Å². The second-order valence-electron chi connectivity index (χ2n) is 11.2. The van der Waals surface area contributed by atoms with Crippen LogP contribution in [-0.2, 0) is 10.3 Å². The molecule has 2 aliphatic carbocycles. The molecule has 3 aliphatic rings. The average Bonchev–Trinajstić information content (AvgIpc) is 3.84. The molecule has 9 nitrogen and oxygen atoms in total. The van der Waals surface area contributed by atoms with Gasteiger partial charge in [-0.15, -0.1) is 0 Å². The van der Waals surface area contributed by atoms with Crippen LogP contribution >= 0.6 is 0 Å². The average molecular weight is 553 g/mol. The van der Waals surface area contributed by atoms with Gasteiger partial charge in [0, 0.05) is 59.6 Å². The molecular formula is C27H30F2N6O3Si. The maximum absolute atomic E-state index is 14.2. The first-order valence-electron chi connectivity index (χ1n) is 13.3. The zero-order valence-corrected chi connectivity index (χ0v) is 23.6. The van der Waals surface area contributed by atoms with Crippen LogP contribution in [0.3, 0.4) is 0 Å². The highest BCUT2D eigenvalue weighted by Gasteiger charge is 2.52. The van der Waals surface area contributed by atoms with Crippen LogP contribution in [-0.4, -0.2) is 66.9 Å². The molecule has 3 heterocycles.